The van der Waals surface area contributed by atoms with E-state index in [0.717, 1.165) is 17.3 Å². The highest BCUT2D eigenvalue weighted by atomic mass is 19.1. The van der Waals surface area contributed by atoms with E-state index in [4.69, 9.17) is 4.74 Å². The van der Waals surface area contributed by atoms with E-state index >= 15 is 0 Å². The molecule has 3 rings (SSSR count). The van der Waals surface area contributed by atoms with Gasteiger partial charge in [0.25, 0.3) is 0 Å². The molecular formula is C18H16FN3O2. The number of rotatable bonds is 6. The summed E-state index contributed by atoms with van der Waals surface area (Å²) in [6, 6.07) is 13.8. The fourth-order valence-electron chi connectivity index (χ4n) is 2.43. The first kappa shape index (κ1) is 15.9. The van der Waals surface area contributed by atoms with Crippen LogP contribution in [0.3, 0.4) is 0 Å². The van der Waals surface area contributed by atoms with Crippen molar-refractivity contribution >= 4 is 6.29 Å². The first-order chi connectivity index (χ1) is 11.7. The summed E-state index contributed by atoms with van der Waals surface area (Å²) in [6.45, 7) is 0.155. The lowest BCUT2D eigenvalue weighted by molar-refractivity contribution is 0.111. The minimum Gasteiger partial charge on any atom is -0.486 e. The van der Waals surface area contributed by atoms with Crippen LogP contribution in [0.2, 0.25) is 0 Å². The van der Waals surface area contributed by atoms with E-state index in [9.17, 15) is 9.18 Å². The molecule has 1 heterocycles. The number of aldehydes is 1. The smallest absolute Gasteiger partial charge is 0.153 e. The van der Waals surface area contributed by atoms with Crippen LogP contribution in [-0.2, 0) is 20.1 Å². The number of aromatic nitrogens is 3. The Balaban J connectivity index is 1.78. The van der Waals surface area contributed by atoms with Gasteiger partial charge in [-0.15, -0.1) is 5.10 Å². The van der Waals surface area contributed by atoms with Crippen molar-refractivity contribution in [1.29, 1.82) is 0 Å². The predicted molar refractivity (Wildman–Crippen MR) is 86.4 cm³/mol. The molecule has 0 aliphatic rings. The third kappa shape index (κ3) is 3.48. The highest BCUT2D eigenvalue weighted by Gasteiger charge is 2.13. The van der Waals surface area contributed by atoms with E-state index in [0.29, 0.717) is 24.2 Å². The normalized spacial score (nSPS) is 10.6. The molecule has 2 aromatic carbocycles. The summed E-state index contributed by atoms with van der Waals surface area (Å²) in [6.07, 6.45) is 1.24. The van der Waals surface area contributed by atoms with Crippen molar-refractivity contribution in [1.82, 2.24) is 15.0 Å². The number of nitrogens with zero attached hydrogens (tertiary/aromatic N) is 3. The summed E-state index contributed by atoms with van der Waals surface area (Å²) in [7, 11) is 1.82. The molecule has 122 valence electrons. The molecule has 0 saturated carbocycles. The molecule has 0 fully saturated rings. The van der Waals surface area contributed by atoms with Crippen molar-refractivity contribution < 1.29 is 13.9 Å². The fraction of sp³-hybridized carbons (Fsp3) is 0.167. The minimum atomic E-state index is -0.478. The molecule has 0 radical (unpaired) electrons. The van der Waals surface area contributed by atoms with Crippen LogP contribution >= 0.6 is 0 Å². The monoisotopic (exact) mass is 325 g/mol. The maximum Gasteiger partial charge on any atom is 0.153 e. The van der Waals surface area contributed by atoms with Crippen molar-refractivity contribution in [3.8, 4) is 5.75 Å². The molecule has 0 aliphatic carbocycles. The van der Waals surface area contributed by atoms with Gasteiger partial charge in [0.1, 0.15) is 23.9 Å². The minimum absolute atomic E-state index is 0.155. The van der Waals surface area contributed by atoms with Crippen LogP contribution in [0, 0.1) is 5.82 Å². The van der Waals surface area contributed by atoms with E-state index in [1.807, 2.05) is 37.4 Å². The van der Waals surface area contributed by atoms with Gasteiger partial charge in [0, 0.05) is 13.5 Å². The van der Waals surface area contributed by atoms with Gasteiger partial charge in [-0.25, -0.2) is 4.39 Å². The average Bonchev–Trinajstić information content (AvgIpc) is 2.95. The number of carbonyl (C=O) groups excluding carboxylic acids is 1. The van der Waals surface area contributed by atoms with Gasteiger partial charge in [-0.2, -0.15) is 0 Å². The van der Waals surface area contributed by atoms with Crippen molar-refractivity contribution in [2.24, 2.45) is 7.05 Å². The highest BCUT2D eigenvalue weighted by molar-refractivity contribution is 5.79. The molecule has 5 nitrogen and oxygen atoms in total. The molecule has 24 heavy (non-hydrogen) atoms. The number of carbonyl (C=O) groups is 1. The molecule has 3 aromatic rings. The first-order valence-electron chi connectivity index (χ1n) is 7.46. The molecule has 0 N–H and O–H groups in total. The maximum atomic E-state index is 13.2. The third-order valence-electron chi connectivity index (χ3n) is 3.70. The second-order valence-electron chi connectivity index (χ2n) is 5.36. The van der Waals surface area contributed by atoms with Crippen LogP contribution in [0.4, 0.5) is 4.39 Å². The summed E-state index contributed by atoms with van der Waals surface area (Å²) in [4.78, 5) is 11.0. The van der Waals surface area contributed by atoms with Gasteiger partial charge < -0.3 is 4.74 Å². The van der Waals surface area contributed by atoms with Gasteiger partial charge >= 0.3 is 0 Å². The van der Waals surface area contributed by atoms with Crippen LogP contribution in [0.25, 0.3) is 0 Å². The molecule has 0 amide bonds. The zero-order valence-electron chi connectivity index (χ0n) is 13.1. The van der Waals surface area contributed by atoms with Gasteiger partial charge in [-0.1, -0.05) is 35.5 Å². The van der Waals surface area contributed by atoms with Gasteiger partial charge in [-0.3, -0.25) is 9.48 Å². The molecule has 0 bridgehead atoms. The molecular weight excluding hydrogens is 309 g/mol. The molecule has 0 saturated heterocycles. The van der Waals surface area contributed by atoms with Gasteiger partial charge in [0.2, 0.25) is 0 Å². The Hall–Kier alpha value is -3.02. The SMILES string of the molecule is Cn1nnc(COc2ccc(F)cc2C=O)c1Cc1ccccc1. The van der Waals surface area contributed by atoms with Crippen LogP contribution in [0.1, 0.15) is 27.3 Å². The number of halogens is 1. The predicted octanol–water partition coefficient (Wildman–Crippen LogP) is 2.94. The standard InChI is InChI=1S/C18H16FN3O2/c1-22-17(9-13-5-3-2-4-6-13)16(20-21-22)12-24-18-8-7-15(19)10-14(18)11-23/h2-8,10-11H,9,12H2,1H3. The zero-order valence-corrected chi connectivity index (χ0v) is 13.1. The Morgan fingerprint density at radius 2 is 2.00 bits per heavy atom. The van der Waals surface area contributed by atoms with Gasteiger partial charge in [0.15, 0.2) is 6.29 Å². The Kier molecular flexibility index (Phi) is 4.65. The Bertz CT molecular complexity index is 847. The van der Waals surface area contributed by atoms with E-state index in [1.165, 1.54) is 12.1 Å². The molecule has 1 aromatic heterocycles. The lowest BCUT2D eigenvalue weighted by Crippen LogP contribution is -2.05. The van der Waals surface area contributed by atoms with Crippen LogP contribution in [0.5, 0.6) is 5.75 Å². The van der Waals surface area contributed by atoms with Crippen LogP contribution in [-0.4, -0.2) is 21.3 Å². The second-order valence-corrected chi connectivity index (χ2v) is 5.36. The zero-order chi connectivity index (χ0) is 16.9. The quantitative estimate of drug-likeness (QED) is 0.654. The second kappa shape index (κ2) is 7.04. The summed E-state index contributed by atoms with van der Waals surface area (Å²) in [5.41, 5.74) is 2.92. The molecule has 6 heteroatoms. The number of hydrogen-bond donors (Lipinski definition) is 0. The fourth-order valence-corrected chi connectivity index (χ4v) is 2.43. The van der Waals surface area contributed by atoms with E-state index < -0.39 is 5.82 Å². The molecule has 0 aliphatic heterocycles. The van der Waals surface area contributed by atoms with E-state index in [1.54, 1.807) is 4.68 Å². The Morgan fingerprint density at radius 3 is 2.75 bits per heavy atom. The molecule has 0 atom stereocenters. The van der Waals surface area contributed by atoms with Gasteiger partial charge in [0.05, 0.1) is 11.3 Å². The Labute approximate surface area is 138 Å². The van der Waals surface area contributed by atoms with Crippen molar-refractivity contribution in [3.05, 3.63) is 76.9 Å². The Morgan fingerprint density at radius 1 is 1.21 bits per heavy atom. The topological polar surface area (TPSA) is 57.0 Å². The lowest BCUT2D eigenvalue weighted by atomic mass is 10.1. The highest BCUT2D eigenvalue weighted by Crippen LogP contribution is 2.20. The van der Waals surface area contributed by atoms with Crippen molar-refractivity contribution in [2.45, 2.75) is 13.0 Å². The number of ether oxygens (including phenoxy) is 1. The van der Waals surface area contributed by atoms with Crippen molar-refractivity contribution in [3.63, 3.8) is 0 Å². The first-order valence-corrected chi connectivity index (χ1v) is 7.46. The largest absolute Gasteiger partial charge is 0.486 e. The molecule has 0 spiro atoms. The van der Waals surface area contributed by atoms with E-state index in [2.05, 4.69) is 10.3 Å². The third-order valence-corrected chi connectivity index (χ3v) is 3.70. The number of hydrogen-bond acceptors (Lipinski definition) is 4. The summed E-state index contributed by atoms with van der Waals surface area (Å²) >= 11 is 0. The summed E-state index contributed by atoms with van der Waals surface area (Å²) < 4.78 is 20.5. The lowest BCUT2D eigenvalue weighted by Gasteiger charge is -2.09. The van der Waals surface area contributed by atoms with Crippen LogP contribution < -0.4 is 4.74 Å². The molecule has 0 unspecified atom stereocenters. The van der Waals surface area contributed by atoms with Crippen molar-refractivity contribution in [2.75, 3.05) is 0 Å². The summed E-state index contributed by atoms with van der Waals surface area (Å²) in [5.74, 6) is -0.156. The summed E-state index contributed by atoms with van der Waals surface area (Å²) in [5, 5.41) is 8.16. The number of aryl methyl sites for hydroxylation is 1. The van der Waals surface area contributed by atoms with Gasteiger partial charge in [-0.05, 0) is 23.8 Å². The maximum absolute atomic E-state index is 13.2. The van der Waals surface area contributed by atoms with E-state index in [-0.39, 0.29) is 12.2 Å². The van der Waals surface area contributed by atoms with Crippen LogP contribution in [0.15, 0.2) is 48.5 Å². The average molecular weight is 325 g/mol. The number of benzene rings is 2.